The molecule has 5 heterocycles. The molecule has 13 heteroatoms. The maximum atomic E-state index is 14.5. The number of benzene rings is 1. The normalized spacial score (nSPS) is 21.4. The average Bonchev–Trinajstić information content (AvgIpc) is 3.60. The van der Waals surface area contributed by atoms with Crippen LogP contribution in [-0.4, -0.2) is 79.7 Å². The Morgan fingerprint density at radius 3 is 2.65 bits per heavy atom. The molecule has 0 radical (unpaired) electrons. The number of ether oxygens (including phenoxy) is 1. The Hall–Kier alpha value is -4.52. The van der Waals surface area contributed by atoms with E-state index in [4.69, 9.17) is 9.15 Å². The zero-order valence-corrected chi connectivity index (χ0v) is 26.9. The fourth-order valence-corrected chi connectivity index (χ4v) is 7.88. The fraction of sp³-hybridized carbons (Fsp3) is 0.514. The summed E-state index contributed by atoms with van der Waals surface area (Å²) < 4.78 is 25.8. The van der Waals surface area contributed by atoms with Crippen LogP contribution >= 0.6 is 0 Å². The van der Waals surface area contributed by atoms with Gasteiger partial charge in [-0.05, 0) is 100 Å². The molecule has 2 saturated heterocycles. The highest BCUT2D eigenvalue weighted by atomic mass is 19.1. The van der Waals surface area contributed by atoms with Crippen LogP contribution in [0, 0.1) is 17.2 Å². The highest BCUT2D eigenvalue weighted by molar-refractivity contribution is 5.92. The predicted molar refractivity (Wildman–Crippen MR) is 174 cm³/mol. The van der Waals surface area contributed by atoms with E-state index in [-0.39, 0.29) is 17.8 Å². The second-order valence-corrected chi connectivity index (χ2v) is 14.0. The van der Waals surface area contributed by atoms with Crippen molar-refractivity contribution < 1.29 is 18.3 Å². The minimum Gasteiger partial charge on any atom is -0.451 e. The number of carbonyl (C=O) groups is 1. The molecule has 12 nitrogen and oxygen atoms in total. The number of halogens is 1. The number of likely N-dealkylation sites (tertiary alicyclic amines) is 1. The van der Waals surface area contributed by atoms with Gasteiger partial charge in [-0.25, -0.2) is 24.3 Å². The van der Waals surface area contributed by atoms with Crippen LogP contribution in [0.1, 0.15) is 79.9 Å². The van der Waals surface area contributed by atoms with Crippen molar-refractivity contribution in [2.24, 2.45) is 11.3 Å². The zero-order valence-electron chi connectivity index (χ0n) is 26.9. The van der Waals surface area contributed by atoms with Gasteiger partial charge in [0.1, 0.15) is 30.5 Å². The molecule has 1 amide bonds. The van der Waals surface area contributed by atoms with Gasteiger partial charge >= 0.3 is 0 Å². The number of anilines is 1. The summed E-state index contributed by atoms with van der Waals surface area (Å²) >= 11 is 0. The van der Waals surface area contributed by atoms with Gasteiger partial charge in [0.25, 0.3) is 11.8 Å². The summed E-state index contributed by atoms with van der Waals surface area (Å²) in [4.78, 5) is 34.6. The monoisotopic (exact) mass is 653 g/mol. The molecule has 1 spiro atoms. The van der Waals surface area contributed by atoms with Gasteiger partial charge in [-0.2, -0.15) is 0 Å². The predicted octanol–water partition coefficient (Wildman–Crippen LogP) is 5.41. The lowest BCUT2D eigenvalue weighted by Gasteiger charge is -2.46. The van der Waals surface area contributed by atoms with Crippen molar-refractivity contribution in [3.05, 3.63) is 66.9 Å². The minimum atomic E-state index is -0.355. The molecule has 8 rings (SSSR count). The Morgan fingerprint density at radius 2 is 1.85 bits per heavy atom. The number of hydrogen-bond donors (Lipinski definition) is 1. The van der Waals surface area contributed by atoms with Crippen molar-refractivity contribution in [2.75, 3.05) is 37.6 Å². The van der Waals surface area contributed by atoms with E-state index in [0.717, 1.165) is 88.9 Å². The van der Waals surface area contributed by atoms with Crippen molar-refractivity contribution in [3.8, 4) is 22.8 Å². The smallest absolute Gasteiger partial charge is 0.282 e. The molecule has 1 N–H and O–H groups in total. The molecule has 250 valence electrons. The lowest BCUT2D eigenvalue weighted by Crippen LogP contribution is -2.46. The van der Waals surface area contributed by atoms with E-state index >= 15 is 0 Å². The Bertz CT molecular complexity index is 1730. The molecule has 1 atom stereocenters. The first-order valence-corrected chi connectivity index (χ1v) is 17.1. The van der Waals surface area contributed by atoms with Crippen LogP contribution < -0.4 is 15.0 Å². The molecule has 1 aromatic carbocycles. The second kappa shape index (κ2) is 13.2. The van der Waals surface area contributed by atoms with E-state index in [1.165, 1.54) is 44.0 Å². The molecule has 4 aromatic rings. The van der Waals surface area contributed by atoms with Gasteiger partial charge in [0.05, 0.1) is 5.69 Å². The van der Waals surface area contributed by atoms with Gasteiger partial charge in [0.2, 0.25) is 0 Å². The van der Waals surface area contributed by atoms with Crippen molar-refractivity contribution in [2.45, 2.75) is 69.7 Å². The molecule has 4 fully saturated rings. The Kier molecular flexibility index (Phi) is 8.45. The number of amides is 1. The summed E-state index contributed by atoms with van der Waals surface area (Å²) in [6.07, 6.45) is 17.4. The summed E-state index contributed by atoms with van der Waals surface area (Å²) in [6.45, 7) is 4.98. The number of hydrogen-bond acceptors (Lipinski definition) is 11. The summed E-state index contributed by atoms with van der Waals surface area (Å²) in [5.74, 6) is 1.80. The molecule has 2 aliphatic carbocycles. The largest absolute Gasteiger partial charge is 0.451 e. The maximum absolute atomic E-state index is 14.5. The summed E-state index contributed by atoms with van der Waals surface area (Å²) in [6, 6.07) is 4.70. The molecule has 0 bridgehead atoms. The van der Waals surface area contributed by atoms with Gasteiger partial charge in [0, 0.05) is 48.9 Å². The average molecular weight is 654 g/mol. The van der Waals surface area contributed by atoms with Gasteiger partial charge < -0.3 is 24.3 Å². The molecule has 48 heavy (non-hydrogen) atoms. The number of rotatable bonds is 9. The van der Waals surface area contributed by atoms with Crippen LogP contribution in [0.2, 0.25) is 0 Å². The first kappa shape index (κ1) is 30.8. The topological polar surface area (TPSA) is 135 Å². The third-order valence-corrected chi connectivity index (χ3v) is 10.8. The molecule has 4 aliphatic rings. The lowest BCUT2D eigenvalue weighted by molar-refractivity contribution is 0.0510. The van der Waals surface area contributed by atoms with Crippen molar-refractivity contribution in [1.82, 2.24) is 40.3 Å². The third kappa shape index (κ3) is 6.60. The van der Waals surface area contributed by atoms with E-state index < -0.39 is 0 Å². The molecular formula is C35H40FN9O3. The fourth-order valence-electron chi connectivity index (χ4n) is 7.88. The maximum Gasteiger partial charge on any atom is 0.282 e. The Balaban J connectivity index is 0.869. The number of nitrogens with one attached hydrogen (secondary N) is 1. The van der Waals surface area contributed by atoms with Crippen molar-refractivity contribution in [3.63, 3.8) is 0 Å². The summed E-state index contributed by atoms with van der Waals surface area (Å²) in [5.41, 5.74) is 3.03. The number of carbonyl (C=O) groups excluding carboxylic acids is 1. The summed E-state index contributed by atoms with van der Waals surface area (Å²) in [7, 11) is 0. The highest BCUT2D eigenvalue weighted by Crippen LogP contribution is 2.46. The minimum absolute atomic E-state index is 0.147. The standard InChI is InChI=1S/C35H40FN9O3/c36-25-3-4-30(27(15-25)28-16-37-20-38-31(28)24-1-2-24)48-34-32(39-21-41-43-34)45-12-7-23(18-45)17-44-13-10-35(11-14-44)8-5-26(6-9-35)42-33(46)29-19-47-22-40-29/h3-4,15-16,19-24,26H,1-2,5-14,17-18H2,(H,42,46)/t23-/m0/s1. The van der Waals surface area contributed by atoms with Crippen LogP contribution in [0.3, 0.4) is 0 Å². The van der Waals surface area contributed by atoms with Crippen LogP contribution in [0.15, 0.2) is 54.1 Å². The van der Waals surface area contributed by atoms with Crippen LogP contribution in [0.25, 0.3) is 11.1 Å². The molecular weight excluding hydrogens is 613 g/mol. The number of nitrogens with zero attached hydrogens (tertiary/aromatic N) is 8. The third-order valence-electron chi connectivity index (χ3n) is 10.8. The van der Waals surface area contributed by atoms with Gasteiger partial charge in [0.15, 0.2) is 17.9 Å². The molecule has 3 aromatic heterocycles. The Morgan fingerprint density at radius 1 is 1.00 bits per heavy atom. The van der Waals surface area contributed by atoms with Gasteiger partial charge in [-0.3, -0.25) is 4.79 Å². The van der Waals surface area contributed by atoms with E-state index in [0.29, 0.717) is 46.0 Å². The van der Waals surface area contributed by atoms with E-state index in [9.17, 15) is 9.18 Å². The first-order valence-electron chi connectivity index (χ1n) is 17.1. The van der Waals surface area contributed by atoms with E-state index in [2.05, 4.69) is 45.2 Å². The van der Waals surface area contributed by atoms with Crippen LogP contribution in [0.4, 0.5) is 10.2 Å². The zero-order chi connectivity index (χ0) is 32.5. The molecule has 2 aliphatic heterocycles. The molecule has 0 unspecified atom stereocenters. The van der Waals surface area contributed by atoms with Crippen LogP contribution in [-0.2, 0) is 0 Å². The number of piperidine rings is 1. The van der Waals surface area contributed by atoms with Gasteiger partial charge in [-0.15, -0.1) is 10.2 Å². The summed E-state index contributed by atoms with van der Waals surface area (Å²) in [5, 5.41) is 11.5. The Labute approximate surface area is 278 Å². The quantitative estimate of drug-likeness (QED) is 0.249. The van der Waals surface area contributed by atoms with Gasteiger partial charge in [-0.1, -0.05) is 0 Å². The van der Waals surface area contributed by atoms with Crippen molar-refractivity contribution >= 4 is 11.7 Å². The SMILES string of the molecule is O=C(NC1CCC2(CC1)CCN(C[C@@H]1CCN(c3ncnnc3Oc3ccc(F)cc3-c3cncnc3C3CC3)C1)CC2)c1cocn1. The van der Waals surface area contributed by atoms with E-state index in [1.54, 1.807) is 18.6 Å². The highest BCUT2D eigenvalue weighted by Gasteiger charge is 2.39. The lowest BCUT2D eigenvalue weighted by atomic mass is 9.67. The first-order chi connectivity index (χ1) is 23.5. The van der Waals surface area contributed by atoms with E-state index in [1.807, 2.05) is 0 Å². The molecule has 2 saturated carbocycles. The second-order valence-electron chi connectivity index (χ2n) is 14.0. The van der Waals surface area contributed by atoms with Crippen LogP contribution in [0.5, 0.6) is 11.6 Å². The number of oxazole rings is 1. The van der Waals surface area contributed by atoms with Crippen molar-refractivity contribution in [1.29, 1.82) is 0 Å². The number of aromatic nitrogens is 6.